The molecule has 2 saturated heterocycles. The number of nitrogens with zero attached hydrogens (tertiary/aromatic N) is 2. The van der Waals surface area contributed by atoms with Crippen LogP contribution in [0.25, 0.3) is 0 Å². The number of para-hydroxylation sites is 1. The summed E-state index contributed by atoms with van der Waals surface area (Å²) in [6.45, 7) is 4.54. The summed E-state index contributed by atoms with van der Waals surface area (Å²) in [6, 6.07) is 15.7. The molecule has 0 aromatic heterocycles. The van der Waals surface area contributed by atoms with Gasteiger partial charge in [0.15, 0.2) is 0 Å². The third kappa shape index (κ3) is 4.17. The van der Waals surface area contributed by atoms with E-state index < -0.39 is 5.66 Å². The molecule has 0 aliphatic carbocycles. The van der Waals surface area contributed by atoms with Crippen molar-refractivity contribution in [3.8, 4) is 0 Å². The molecule has 6 heteroatoms. The molecule has 3 aliphatic heterocycles. The molecule has 0 radical (unpaired) electrons. The molecule has 0 saturated carbocycles. The molecule has 2 fully saturated rings. The smallest absolute Gasteiger partial charge is 0.255 e. The molecule has 6 nitrogen and oxygen atoms in total. The molecule has 1 spiro atoms. The van der Waals surface area contributed by atoms with Gasteiger partial charge in [-0.3, -0.25) is 14.5 Å². The summed E-state index contributed by atoms with van der Waals surface area (Å²) in [4.78, 5) is 30.0. The maximum absolute atomic E-state index is 13.0. The van der Waals surface area contributed by atoms with Crippen LogP contribution in [0.4, 0.5) is 5.69 Å². The maximum atomic E-state index is 13.0. The van der Waals surface area contributed by atoms with Gasteiger partial charge < -0.3 is 15.5 Å². The Balaban J connectivity index is 1.20. The van der Waals surface area contributed by atoms with E-state index in [4.69, 9.17) is 0 Å². The number of rotatable bonds is 3. The topological polar surface area (TPSA) is 64.7 Å². The number of fused-ring (bicyclic) bond motifs is 1. The second-order valence-electron chi connectivity index (χ2n) is 9.03. The third-order valence-corrected chi connectivity index (χ3v) is 6.86. The lowest BCUT2D eigenvalue weighted by Crippen LogP contribution is -2.62. The zero-order valence-corrected chi connectivity index (χ0v) is 17.9. The number of hydrogen-bond acceptors (Lipinski definition) is 4. The number of carbonyl (C=O) groups excluding carboxylic acids is 2. The van der Waals surface area contributed by atoms with Crippen LogP contribution in [-0.4, -0.2) is 53.5 Å². The first kappa shape index (κ1) is 20.1. The van der Waals surface area contributed by atoms with Crippen molar-refractivity contribution in [2.75, 3.05) is 31.5 Å². The van der Waals surface area contributed by atoms with Crippen LogP contribution in [-0.2, 0) is 6.54 Å². The van der Waals surface area contributed by atoms with Gasteiger partial charge in [-0.25, -0.2) is 0 Å². The van der Waals surface area contributed by atoms with Crippen molar-refractivity contribution >= 4 is 17.5 Å². The third-order valence-electron chi connectivity index (χ3n) is 6.86. The van der Waals surface area contributed by atoms with Gasteiger partial charge >= 0.3 is 0 Å². The Morgan fingerprint density at radius 3 is 2.32 bits per heavy atom. The van der Waals surface area contributed by atoms with Gasteiger partial charge in [-0.2, -0.15) is 0 Å². The van der Waals surface area contributed by atoms with E-state index >= 15 is 0 Å². The van der Waals surface area contributed by atoms with E-state index in [9.17, 15) is 9.59 Å². The Hall–Kier alpha value is -2.86. The SMILES string of the molecule is O=C1NC2(CCN(C(=O)c3ccc(CN4CCCCC4)cc3)CC2)Nc2ccccc21. The first-order valence-corrected chi connectivity index (χ1v) is 11.4. The van der Waals surface area contributed by atoms with Crippen LogP contribution in [0.3, 0.4) is 0 Å². The molecular weight excluding hydrogens is 388 g/mol. The molecule has 0 unspecified atom stereocenters. The second-order valence-corrected chi connectivity index (χ2v) is 9.03. The van der Waals surface area contributed by atoms with Crippen molar-refractivity contribution in [3.05, 3.63) is 65.2 Å². The van der Waals surface area contributed by atoms with Gasteiger partial charge in [0.2, 0.25) is 0 Å². The van der Waals surface area contributed by atoms with Crippen LogP contribution in [0.15, 0.2) is 48.5 Å². The molecule has 2 aromatic rings. The van der Waals surface area contributed by atoms with Crippen molar-refractivity contribution in [2.24, 2.45) is 0 Å². The minimum Gasteiger partial charge on any atom is -0.362 e. The maximum Gasteiger partial charge on any atom is 0.255 e. The predicted molar refractivity (Wildman–Crippen MR) is 121 cm³/mol. The number of anilines is 1. The Labute approximate surface area is 183 Å². The van der Waals surface area contributed by atoms with E-state index in [1.54, 1.807) is 0 Å². The molecule has 0 bridgehead atoms. The Morgan fingerprint density at radius 2 is 1.58 bits per heavy atom. The number of nitrogens with one attached hydrogen (secondary N) is 2. The van der Waals surface area contributed by atoms with Gasteiger partial charge in [0, 0.05) is 43.7 Å². The number of carbonyl (C=O) groups is 2. The standard InChI is InChI=1S/C25H30N4O2/c30-23-21-6-2-3-7-22(21)26-25(27-23)12-16-29(17-13-25)24(31)20-10-8-19(9-11-20)18-28-14-4-1-5-15-28/h2-3,6-11,26H,1,4-5,12-18H2,(H,27,30). The van der Waals surface area contributed by atoms with E-state index in [1.165, 1.54) is 37.9 Å². The Bertz CT molecular complexity index is 958. The largest absolute Gasteiger partial charge is 0.362 e. The van der Waals surface area contributed by atoms with E-state index in [0.29, 0.717) is 31.5 Å². The Kier molecular flexibility index (Phi) is 5.40. The number of amides is 2. The van der Waals surface area contributed by atoms with Crippen LogP contribution >= 0.6 is 0 Å². The highest BCUT2D eigenvalue weighted by molar-refractivity contribution is 6.02. The van der Waals surface area contributed by atoms with E-state index in [1.807, 2.05) is 41.3 Å². The van der Waals surface area contributed by atoms with Crippen LogP contribution in [0.1, 0.15) is 58.4 Å². The van der Waals surface area contributed by atoms with Crippen LogP contribution in [0.2, 0.25) is 0 Å². The first-order chi connectivity index (χ1) is 15.1. The van der Waals surface area contributed by atoms with Gasteiger partial charge in [-0.05, 0) is 55.8 Å². The number of likely N-dealkylation sites (tertiary alicyclic amines) is 2. The van der Waals surface area contributed by atoms with Gasteiger partial charge in [-0.15, -0.1) is 0 Å². The lowest BCUT2D eigenvalue weighted by atomic mass is 9.92. The Morgan fingerprint density at radius 1 is 0.871 bits per heavy atom. The molecular formula is C25H30N4O2. The predicted octanol–water partition coefficient (Wildman–Crippen LogP) is 3.46. The van der Waals surface area contributed by atoms with Crippen molar-refractivity contribution in [1.82, 2.24) is 15.1 Å². The van der Waals surface area contributed by atoms with Gasteiger partial charge in [0.25, 0.3) is 11.8 Å². The molecule has 3 aliphatic rings. The normalized spacial score (nSPS) is 20.6. The molecule has 0 atom stereocenters. The van der Waals surface area contributed by atoms with E-state index in [0.717, 1.165) is 17.8 Å². The monoisotopic (exact) mass is 418 g/mol. The van der Waals surface area contributed by atoms with Crippen molar-refractivity contribution in [1.29, 1.82) is 0 Å². The lowest BCUT2D eigenvalue weighted by Gasteiger charge is -2.45. The molecule has 2 aromatic carbocycles. The minimum absolute atomic E-state index is 0.0431. The second kappa shape index (κ2) is 8.35. The summed E-state index contributed by atoms with van der Waals surface area (Å²) < 4.78 is 0. The van der Waals surface area contributed by atoms with Gasteiger partial charge in [-0.1, -0.05) is 30.7 Å². The van der Waals surface area contributed by atoms with Crippen LogP contribution < -0.4 is 10.6 Å². The van der Waals surface area contributed by atoms with E-state index in [-0.39, 0.29) is 11.8 Å². The molecule has 5 rings (SSSR count). The highest BCUT2D eigenvalue weighted by Gasteiger charge is 2.41. The fraction of sp³-hybridized carbons (Fsp3) is 0.440. The summed E-state index contributed by atoms with van der Waals surface area (Å²) in [5, 5.41) is 6.65. The van der Waals surface area contributed by atoms with Crippen molar-refractivity contribution in [2.45, 2.75) is 44.3 Å². The average Bonchev–Trinajstić information content (AvgIpc) is 2.80. The van der Waals surface area contributed by atoms with Crippen LogP contribution in [0, 0.1) is 0 Å². The molecule has 2 N–H and O–H groups in total. The first-order valence-electron chi connectivity index (χ1n) is 11.4. The number of hydrogen-bond donors (Lipinski definition) is 2. The fourth-order valence-corrected chi connectivity index (χ4v) is 5.02. The summed E-state index contributed by atoms with van der Waals surface area (Å²) in [7, 11) is 0. The van der Waals surface area contributed by atoms with Crippen LogP contribution in [0.5, 0.6) is 0 Å². The molecule has 31 heavy (non-hydrogen) atoms. The fourth-order valence-electron chi connectivity index (χ4n) is 5.02. The number of piperidine rings is 2. The van der Waals surface area contributed by atoms with E-state index in [2.05, 4.69) is 27.7 Å². The highest BCUT2D eigenvalue weighted by atomic mass is 16.2. The minimum atomic E-state index is -0.472. The zero-order chi connectivity index (χ0) is 21.3. The van der Waals surface area contributed by atoms with Crippen molar-refractivity contribution in [3.63, 3.8) is 0 Å². The highest BCUT2D eigenvalue weighted by Crippen LogP contribution is 2.31. The zero-order valence-electron chi connectivity index (χ0n) is 17.9. The number of benzene rings is 2. The average molecular weight is 419 g/mol. The van der Waals surface area contributed by atoms with Gasteiger partial charge in [0.05, 0.1) is 5.56 Å². The summed E-state index contributed by atoms with van der Waals surface area (Å²) >= 11 is 0. The lowest BCUT2D eigenvalue weighted by molar-refractivity contribution is 0.0639. The summed E-state index contributed by atoms with van der Waals surface area (Å²) in [5.74, 6) is 0.0281. The summed E-state index contributed by atoms with van der Waals surface area (Å²) in [6.07, 6.45) is 5.28. The molecule has 2 amide bonds. The van der Waals surface area contributed by atoms with Crippen molar-refractivity contribution < 1.29 is 9.59 Å². The molecule has 3 heterocycles. The van der Waals surface area contributed by atoms with Gasteiger partial charge in [0.1, 0.15) is 5.66 Å². The quantitative estimate of drug-likeness (QED) is 0.801. The summed E-state index contributed by atoms with van der Waals surface area (Å²) in [5.41, 5.74) is 3.08. The molecule has 162 valence electrons.